The molecule has 1 aliphatic rings. The molecule has 0 radical (unpaired) electrons. The van der Waals surface area contributed by atoms with Crippen molar-refractivity contribution in [1.82, 2.24) is 15.1 Å². The number of hydrogen-bond acceptors (Lipinski definition) is 2. The largest absolute Gasteiger partial charge is 0.311 e. The Bertz CT molecular complexity index is 526. The molecular formula is C18H25N3. The van der Waals surface area contributed by atoms with Crippen molar-refractivity contribution in [2.75, 3.05) is 6.54 Å². The Labute approximate surface area is 127 Å². The minimum absolute atomic E-state index is 0.636. The second-order valence-electron chi connectivity index (χ2n) is 5.99. The van der Waals surface area contributed by atoms with Gasteiger partial charge in [0.1, 0.15) is 0 Å². The van der Waals surface area contributed by atoms with Crippen LogP contribution >= 0.6 is 0 Å². The number of nitrogens with one attached hydrogen (secondary N) is 1. The van der Waals surface area contributed by atoms with Gasteiger partial charge in [0.05, 0.1) is 11.7 Å². The molecule has 2 aromatic rings. The molecule has 3 nitrogen and oxygen atoms in total. The van der Waals surface area contributed by atoms with E-state index in [0.29, 0.717) is 6.04 Å². The van der Waals surface area contributed by atoms with E-state index in [1.807, 2.05) is 0 Å². The summed E-state index contributed by atoms with van der Waals surface area (Å²) in [5.41, 5.74) is 2.55. The number of rotatable bonds is 6. The van der Waals surface area contributed by atoms with Crippen LogP contribution in [-0.2, 0) is 13.0 Å². The molecule has 112 valence electrons. The highest BCUT2D eigenvalue weighted by Gasteiger charge is 2.15. The average Bonchev–Trinajstić information content (AvgIpc) is 3.02. The fourth-order valence-corrected chi connectivity index (χ4v) is 3.11. The van der Waals surface area contributed by atoms with E-state index in [1.54, 1.807) is 0 Å². The van der Waals surface area contributed by atoms with Crippen LogP contribution in [-0.4, -0.2) is 16.3 Å². The molecule has 1 heterocycles. The predicted octanol–water partition coefficient (Wildman–Crippen LogP) is 3.72. The summed E-state index contributed by atoms with van der Waals surface area (Å²) < 4.78 is 2.19. The van der Waals surface area contributed by atoms with Crippen molar-refractivity contribution in [2.24, 2.45) is 0 Å². The van der Waals surface area contributed by atoms with Gasteiger partial charge >= 0.3 is 0 Å². The molecule has 0 atom stereocenters. The van der Waals surface area contributed by atoms with Gasteiger partial charge < -0.3 is 5.32 Å². The molecule has 3 rings (SSSR count). The topological polar surface area (TPSA) is 29.9 Å². The Morgan fingerprint density at radius 1 is 1.05 bits per heavy atom. The van der Waals surface area contributed by atoms with Gasteiger partial charge in [-0.2, -0.15) is 5.10 Å². The van der Waals surface area contributed by atoms with Crippen LogP contribution in [0.15, 0.2) is 42.6 Å². The van der Waals surface area contributed by atoms with Crippen LogP contribution < -0.4 is 5.32 Å². The monoisotopic (exact) mass is 283 g/mol. The Kier molecular flexibility index (Phi) is 5.06. The predicted molar refractivity (Wildman–Crippen MR) is 86.2 cm³/mol. The van der Waals surface area contributed by atoms with E-state index in [1.165, 1.54) is 37.7 Å². The van der Waals surface area contributed by atoms with Crippen molar-refractivity contribution in [3.8, 4) is 0 Å². The molecule has 0 saturated heterocycles. The normalized spacial score (nSPS) is 16.2. The molecule has 0 spiro atoms. The summed E-state index contributed by atoms with van der Waals surface area (Å²) in [6, 6.07) is 13.4. The summed E-state index contributed by atoms with van der Waals surface area (Å²) in [5.74, 6) is 0. The third kappa shape index (κ3) is 4.18. The van der Waals surface area contributed by atoms with Gasteiger partial charge in [-0.15, -0.1) is 0 Å². The number of hydrogen-bond donors (Lipinski definition) is 1. The van der Waals surface area contributed by atoms with Crippen LogP contribution in [0, 0.1) is 0 Å². The molecule has 1 N–H and O–H groups in total. The van der Waals surface area contributed by atoms with E-state index < -0.39 is 0 Å². The lowest BCUT2D eigenvalue weighted by Gasteiger charge is -2.21. The first-order valence-electron chi connectivity index (χ1n) is 8.20. The maximum atomic E-state index is 4.73. The van der Waals surface area contributed by atoms with Crippen LogP contribution in [0.25, 0.3) is 0 Å². The highest BCUT2D eigenvalue weighted by Crippen LogP contribution is 2.27. The lowest BCUT2D eigenvalue weighted by atomic mass is 9.96. The standard InChI is InChI=1S/C18H25N3/c1-3-7-16(8-4-1)11-13-19-15-17-12-14-21(20-17)18-9-5-2-6-10-18/h1,3-4,7-8,12,14,18-19H,2,5-6,9-11,13,15H2. The average molecular weight is 283 g/mol. The van der Waals surface area contributed by atoms with E-state index in [4.69, 9.17) is 5.10 Å². The summed E-state index contributed by atoms with van der Waals surface area (Å²) in [5, 5.41) is 8.22. The quantitative estimate of drug-likeness (QED) is 0.819. The van der Waals surface area contributed by atoms with Crippen LogP contribution in [0.3, 0.4) is 0 Å². The van der Waals surface area contributed by atoms with Gasteiger partial charge in [-0.3, -0.25) is 4.68 Å². The number of nitrogens with zero attached hydrogens (tertiary/aromatic N) is 2. The van der Waals surface area contributed by atoms with Gasteiger partial charge in [-0.25, -0.2) is 0 Å². The van der Waals surface area contributed by atoms with Crippen molar-refractivity contribution in [3.63, 3.8) is 0 Å². The number of benzene rings is 1. The van der Waals surface area contributed by atoms with Crippen LogP contribution in [0.1, 0.15) is 49.4 Å². The van der Waals surface area contributed by atoms with Gasteiger partial charge in [0.2, 0.25) is 0 Å². The smallest absolute Gasteiger partial charge is 0.0762 e. The van der Waals surface area contributed by atoms with Crippen molar-refractivity contribution in [2.45, 2.75) is 51.1 Å². The molecule has 1 aromatic carbocycles. The Balaban J connectivity index is 1.42. The lowest BCUT2D eigenvalue weighted by Crippen LogP contribution is -2.18. The van der Waals surface area contributed by atoms with Gasteiger partial charge in [-0.1, -0.05) is 49.6 Å². The second-order valence-corrected chi connectivity index (χ2v) is 5.99. The van der Waals surface area contributed by atoms with E-state index >= 15 is 0 Å². The first-order chi connectivity index (χ1) is 10.4. The van der Waals surface area contributed by atoms with Crippen LogP contribution in [0.5, 0.6) is 0 Å². The van der Waals surface area contributed by atoms with Gasteiger partial charge in [-0.05, 0) is 37.4 Å². The lowest BCUT2D eigenvalue weighted by molar-refractivity contribution is 0.327. The summed E-state index contributed by atoms with van der Waals surface area (Å²) in [6.07, 6.45) is 9.93. The molecule has 0 unspecified atom stereocenters. The van der Waals surface area contributed by atoms with E-state index in [0.717, 1.165) is 25.2 Å². The fraction of sp³-hybridized carbons (Fsp3) is 0.500. The van der Waals surface area contributed by atoms with Crippen molar-refractivity contribution in [1.29, 1.82) is 0 Å². The summed E-state index contributed by atoms with van der Waals surface area (Å²) in [6.45, 7) is 1.87. The summed E-state index contributed by atoms with van der Waals surface area (Å²) >= 11 is 0. The summed E-state index contributed by atoms with van der Waals surface area (Å²) in [4.78, 5) is 0. The Hall–Kier alpha value is -1.61. The minimum Gasteiger partial charge on any atom is -0.311 e. The third-order valence-corrected chi connectivity index (χ3v) is 4.35. The zero-order valence-corrected chi connectivity index (χ0v) is 12.7. The maximum absolute atomic E-state index is 4.73. The Morgan fingerprint density at radius 3 is 2.67 bits per heavy atom. The van der Waals surface area contributed by atoms with Crippen molar-refractivity contribution in [3.05, 3.63) is 53.9 Å². The SMILES string of the molecule is c1ccc(CCNCc2ccn(C3CCCCC3)n2)cc1. The highest BCUT2D eigenvalue weighted by molar-refractivity contribution is 5.14. The molecule has 1 saturated carbocycles. The second kappa shape index (κ2) is 7.41. The van der Waals surface area contributed by atoms with Crippen LogP contribution in [0.2, 0.25) is 0 Å². The Morgan fingerprint density at radius 2 is 1.86 bits per heavy atom. The van der Waals surface area contributed by atoms with E-state index in [9.17, 15) is 0 Å². The molecule has 3 heteroatoms. The van der Waals surface area contributed by atoms with Gasteiger partial charge in [0.25, 0.3) is 0 Å². The highest BCUT2D eigenvalue weighted by atomic mass is 15.3. The zero-order valence-electron chi connectivity index (χ0n) is 12.7. The maximum Gasteiger partial charge on any atom is 0.0762 e. The summed E-state index contributed by atoms with van der Waals surface area (Å²) in [7, 11) is 0. The zero-order chi connectivity index (χ0) is 14.3. The minimum atomic E-state index is 0.636. The molecule has 0 amide bonds. The third-order valence-electron chi connectivity index (χ3n) is 4.35. The molecule has 21 heavy (non-hydrogen) atoms. The molecular weight excluding hydrogens is 258 g/mol. The molecule has 1 fully saturated rings. The molecule has 0 aliphatic heterocycles. The molecule has 0 bridgehead atoms. The fourth-order valence-electron chi connectivity index (χ4n) is 3.11. The number of aromatic nitrogens is 2. The van der Waals surface area contributed by atoms with Gasteiger partial charge in [0.15, 0.2) is 0 Å². The van der Waals surface area contributed by atoms with Crippen molar-refractivity contribution < 1.29 is 0 Å². The van der Waals surface area contributed by atoms with Crippen LogP contribution in [0.4, 0.5) is 0 Å². The first kappa shape index (κ1) is 14.3. The van der Waals surface area contributed by atoms with E-state index in [-0.39, 0.29) is 0 Å². The van der Waals surface area contributed by atoms with Gasteiger partial charge in [0, 0.05) is 12.7 Å². The molecule has 1 aromatic heterocycles. The van der Waals surface area contributed by atoms with Crippen molar-refractivity contribution >= 4 is 0 Å². The van der Waals surface area contributed by atoms with E-state index in [2.05, 4.69) is 52.6 Å². The molecule has 1 aliphatic carbocycles. The first-order valence-corrected chi connectivity index (χ1v) is 8.20.